The van der Waals surface area contributed by atoms with Crippen molar-refractivity contribution in [3.05, 3.63) is 59.5 Å². The summed E-state index contributed by atoms with van der Waals surface area (Å²) in [5.74, 6) is 0. The molecule has 2 saturated heterocycles. The van der Waals surface area contributed by atoms with Gasteiger partial charge in [0, 0.05) is 55.2 Å². The van der Waals surface area contributed by atoms with E-state index in [1.165, 1.54) is 5.56 Å². The van der Waals surface area contributed by atoms with Crippen LogP contribution in [0.3, 0.4) is 0 Å². The summed E-state index contributed by atoms with van der Waals surface area (Å²) in [6.45, 7) is 4.83. The molecule has 0 amide bonds. The Balaban J connectivity index is 1.11. The zero-order valence-electron chi connectivity index (χ0n) is 19.3. The van der Waals surface area contributed by atoms with Crippen molar-refractivity contribution in [2.45, 2.75) is 37.4 Å². The minimum atomic E-state index is -0.280. The molecule has 178 valence electrons. The molecule has 0 bridgehead atoms. The summed E-state index contributed by atoms with van der Waals surface area (Å²) in [5, 5.41) is 15.3. The minimum Gasteiger partial charge on any atom is -0.346 e. The van der Waals surface area contributed by atoms with Crippen molar-refractivity contribution in [2.24, 2.45) is 0 Å². The van der Waals surface area contributed by atoms with E-state index in [9.17, 15) is 5.26 Å². The Labute approximate surface area is 211 Å². The van der Waals surface area contributed by atoms with E-state index in [2.05, 4.69) is 63.9 Å². The van der Waals surface area contributed by atoms with E-state index < -0.39 is 0 Å². The van der Waals surface area contributed by atoms with Gasteiger partial charge in [-0.1, -0.05) is 0 Å². The number of halogens is 1. The van der Waals surface area contributed by atoms with Crippen LogP contribution in [0, 0.1) is 11.3 Å². The van der Waals surface area contributed by atoms with Crippen LogP contribution in [-0.2, 0) is 12.1 Å². The number of hydrogen-bond donors (Lipinski definition) is 1. The summed E-state index contributed by atoms with van der Waals surface area (Å²) in [4.78, 5) is 21.2. The van der Waals surface area contributed by atoms with E-state index in [4.69, 9.17) is 5.10 Å². The largest absolute Gasteiger partial charge is 0.346 e. The van der Waals surface area contributed by atoms with Crippen molar-refractivity contribution < 1.29 is 0 Å². The van der Waals surface area contributed by atoms with Crippen LogP contribution in [0.5, 0.6) is 0 Å². The molecule has 2 fully saturated rings. The molecule has 0 unspecified atom stereocenters. The first-order valence-electron chi connectivity index (χ1n) is 11.9. The Bertz CT molecular complexity index is 1370. The lowest BCUT2D eigenvalue weighted by Gasteiger charge is -2.53. The number of H-pyrrole nitrogens is 1. The maximum atomic E-state index is 9.61. The van der Waals surface area contributed by atoms with Crippen LogP contribution < -0.4 is 0 Å². The lowest BCUT2D eigenvalue weighted by molar-refractivity contribution is -0.0436. The molecule has 0 aromatic carbocycles. The van der Waals surface area contributed by atoms with Crippen molar-refractivity contribution in [2.75, 3.05) is 26.2 Å². The van der Waals surface area contributed by atoms with E-state index in [0.717, 1.165) is 72.5 Å². The molecule has 2 aliphatic heterocycles. The van der Waals surface area contributed by atoms with Gasteiger partial charge in [0.25, 0.3) is 0 Å². The van der Waals surface area contributed by atoms with Crippen molar-refractivity contribution in [1.29, 1.82) is 5.26 Å². The Kier molecular flexibility index (Phi) is 5.84. The minimum absolute atomic E-state index is 0.280. The highest BCUT2D eigenvalue weighted by Gasteiger charge is 2.48. The fourth-order valence-corrected chi connectivity index (χ4v) is 5.91. The van der Waals surface area contributed by atoms with Gasteiger partial charge < -0.3 is 4.98 Å². The smallest absolute Gasteiger partial charge is 0.141 e. The number of hydrogen-bond acceptors (Lipinski definition) is 7. The van der Waals surface area contributed by atoms with Crippen LogP contribution >= 0.6 is 15.9 Å². The van der Waals surface area contributed by atoms with Gasteiger partial charge in [-0.05, 0) is 65.6 Å². The average Bonchev–Trinajstić information content (AvgIpc) is 3.52. The molecule has 0 radical (unpaired) electrons. The molecule has 0 aliphatic carbocycles. The molecule has 35 heavy (non-hydrogen) atoms. The quantitative estimate of drug-likeness (QED) is 0.379. The maximum absolute atomic E-state index is 9.61. The zero-order chi connectivity index (χ0) is 23.8. The SMILES string of the molecule is N#CCC1(n2cc(-c3ncnc4[nH]ccc34)cn2)CN(C2CCN(Cc3ccnc(Br)c3)CC2)C1. The van der Waals surface area contributed by atoms with E-state index >= 15 is 0 Å². The topological polar surface area (TPSA) is 103 Å². The van der Waals surface area contributed by atoms with Gasteiger partial charge in [0.05, 0.1) is 24.4 Å². The summed E-state index contributed by atoms with van der Waals surface area (Å²) in [5.41, 5.74) is 3.63. The van der Waals surface area contributed by atoms with Crippen LogP contribution in [0.15, 0.2) is 53.9 Å². The molecular formula is C25H26BrN9. The maximum Gasteiger partial charge on any atom is 0.141 e. The summed E-state index contributed by atoms with van der Waals surface area (Å²) >= 11 is 3.46. The second kappa shape index (κ2) is 9.15. The molecule has 9 nitrogen and oxygen atoms in total. The Hall–Kier alpha value is -3.13. The molecule has 0 saturated carbocycles. The van der Waals surface area contributed by atoms with Gasteiger partial charge in [-0.15, -0.1) is 0 Å². The lowest BCUT2D eigenvalue weighted by atomic mass is 9.83. The first kappa shape index (κ1) is 22.3. The van der Waals surface area contributed by atoms with Gasteiger partial charge in [-0.2, -0.15) is 10.4 Å². The van der Waals surface area contributed by atoms with Crippen molar-refractivity contribution in [3.8, 4) is 17.3 Å². The fraction of sp³-hybridized carbons (Fsp3) is 0.400. The van der Waals surface area contributed by atoms with E-state index in [-0.39, 0.29) is 5.54 Å². The Morgan fingerprint density at radius 3 is 2.83 bits per heavy atom. The average molecular weight is 532 g/mol. The van der Waals surface area contributed by atoms with Crippen LogP contribution in [0.2, 0.25) is 0 Å². The van der Waals surface area contributed by atoms with Crippen LogP contribution in [0.4, 0.5) is 0 Å². The van der Waals surface area contributed by atoms with Crippen molar-refractivity contribution >= 4 is 27.0 Å². The van der Waals surface area contributed by atoms with Crippen molar-refractivity contribution in [1.82, 2.24) is 39.5 Å². The van der Waals surface area contributed by atoms with Gasteiger partial charge >= 0.3 is 0 Å². The van der Waals surface area contributed by atoms with Crippen LogP contribution in [0.25, 0.3) is 22.3 Å². The number of nitrogens with one attached hydrogen (secondary N) is 1. The van der Waals surface area contributed by atoms with Crippen LogP contribution in [-0.4, -0.2) is 71.7 Å². The second-order valence-corrected chi connectivity index (χ2v) is 10.4. The van der Waals surface area contributed by atoms with Crippen molar-refractivity contribution in [3.63, 3.8) is 0 Å². The number of pyridine rings is 1. The molecule has 1 N–H and O–H groups in total. The first-order valence-corrected chi connectivity index (χ1v) is 12.7. The highest BCUT2D eigenvalue weighted by atomic mass is 79.9. The number of aromatic amines is 1. The molecule has 10 heteroatoms. The fourth-order valence-electron chi connectivity index (χ4n) is 5.50. The molecule has 6 rings (SSSR count). The Morgan fingerprint density at radius 1 is 1.17 bits per heavy atom. The third kappa shape index (κ3) is 4.24. The predicted molar refractivity (Wildman–Crippen MR) is 135 cm³/mol. The van der Waals surface area contributed by atoms with Gasteiger partial charge in [0.15, 0.2) is 0 Å². The van der Waals surface area contributed by atoms with E-state index in [1.807, 2.05) is 35.5 Å². The third-order valence-electron chi connectivity index (χ3n) is 7.37. The normalized spacial score (nSPS) is 19.0. The summed E-state index contributed by atoms with van der Waals surface area (Å²) < 4.78 is 2.89. The molecule has 2 aliphatic rings. The van der Waals surface area contributed by atoms with Gasteiger partial charge in [-0.3, -0.25) is 14.5 Å². The van der Waals surface area contributed by atoms with E-state index in [0.29, 0.717) is 12.5 Å². The molecular weight excluding hydrogens is 506 g/mol. The standard InChI is InChI=1S/C25H26BrN9/c26-22-11-18(1-7-28-22)13-33-9-3-20(4-10-33)34-15-25(16-34,5-6-27)35-14-19(12-32-35)23-21-2-8-29-24(21)31-17-30-23/h1-2,7-8,11-12,14,17,20H,3-5,9-10,13,15-16H2,(H,29,30,31). The molecule has 0 atom stereocenters. The number of aromatic nitrogens is 6. The molecule has 4 aromatic rings. The van der Waals surface area contributed by atoms with Gasteiger partial charge in [-0.25, -0.2) is 15.0 Å². The number of rotatable bonds is 6. The summed E-state index contributed by atoms with van der Waals surface area (Å²) in [6, 6.07) is 9.13. The van der Waals surface area contributed by atoms with Gasteiger partial charge in [0.1, 0.15) is 22.1 Å². The summed E-state index contributed by atoms with van der Waals surface area (Å²) in [7, 11) is 0. The predicted octanol–water partition coefficient (Wildman–Crippen LogP) is 3.57. The number of fused-ring (bicyclic) bond motifs is 1. The highest BCUT2D eigenvalue weighted by Crippen LogP contribution is 2.37. The number of likely N-dealkylation sites (tertiary alicyclic amines) is 2. The Morgan fingerprint density at radius 2 is 2.03 bits per heavy atom. The monoisotopic (exact) mass is 531 g/mol. The molecule has 4 aromatic heterocycles. The van der Waals surface area contributed by atoms with Crippen LogP contribution in [0.1, 0.15) is 24.8 Å². The number of nitriles is 1. The third-order valence-corrected chi connectivity index (χ3v) is 7.80. The number of nitrogens with zero attached hydrogens (tertiary/aromatic N) is 8. The van der Waals surface area contributed by atoms with Gasteiger partial charge in [0.2, 0.25) is 0 Å². The molecule has 0 spiro atoms. The molecule has 6 heterocycles. The summed E-state index contributed by atoms with van der Waals surface area (Å²) in [6.07, 6.45) is 11.9. The first-order chi connectivity index (χ1) is 17.1. The lowest BCUT2D eigenvalue weighted by Crippen LogP contribution is -2.66. The van der Waals surface area contributed by atoms with E-state index in [1.54, 1.807) is 6.33 Å². The number of piperidine rings is 1. The zero-order valence-corrected chi connectivity index (χ0v) is 20.9. The second-order valence-electron chi connectivity index (χ2n) is 9.59. The highest BCUT2D eigenvalue weighted by molar-refractivity contribution is 9.10.